The zero-order chi connectivity index (χ0) is 12.8. The van der Waals surface area contributed by atoms with Gasteiger partial charge in [0.2, 0.25) is 0 Å². The van der Waals surface area contributed by atoms with Crippen molar-refractivity contribution in [2.75, 3.05) is 5.43 Å². The topological polar surface area (TPSA) is 111 Å². The number of nitrogens with one attached hydrogen (secondary N) is 1. The third kappa shape index (κ3) is 3.09. The smallest absolute Gasteiger partial charge is 0.272 e. The van der Waals surface area contributed by atoms with Gasteiger partial charge >= 0.3 is 5.69 Å². The number of nitro groups is 2. The summed E-state index contributed by atoms with van der Waals surface area (Å²) in [5.41, 5.74) is 1.70. The molecular formula is C9H8N4O4. The summed E-state index contributed by atoms with van der Waals surface area (Å²) in [6.07, 6.45) is 2.68. The van der Waals surface area contributed by atoms with E-state index in [1.165, 1.54) is 18.4 Å². The van der Waals surface area contributed by atoms with Gasteiger partial charge in [0.15, 0.2) is 0 Å². The van der Waals surface area contributed by atoms with E-state index in [1.54, 1.807) is 0 Å². The Labute approximate surface area is 95.6 Å². The number of non-ortho nitro benzene ring substituents is 1. The Morgan fingerprint density at radius 2 is 2.00 bits per heavy atom. The molecule has 0 atom stereocenters. The number of allylic oxidation sites excluding steroid dienone is 1. The molecule has 0 saturated carbocycles. The van der Waals surface area contributed by atoms with Crippen molar-refractivity contribution in [1.82, 2.24) is 0 Å². The molecule has 0 radical (unpaired) electrons. The third-order valence-electron chi connectivity index (χ3n) is 1.75. The summed E-state index contributed by atoms with van der Waals surface area (Å²) in [6, 6.07) is 3.24. The molecule has 0 aromatic heterocycles. The van der Waals surface area contributed by atoms with E-state index >= 15 is 0 Å². The molecule has 8 heteroatoms. The van der Waals surface area contributed by atoms with Crippen LogP contribution in [0.15, 0.2) is 36.0 Å². The van der Waals surface area contributed by atoms with Gasteiger partial charge in [-0.15, -0.1) is 0 Å². The summed E-state index contributed by atoms with van der Waals surface area (Å²) in [7, 11) is 0. The quantitative estimate of drug-likeness (QED) is 0.482. The molecule has 0 saturated heterocycles. The lowest BCUT2D eigenvalue weighted by atomic mass is 10.7. The molecule has 0 aliphatic rings. The lowest BCUT2D eigenvalue weighted by Crippen LogP contribution is -1.98. The maximum atomic E-state index is 10.7. The molecule has 0 fully saturated rings. The summed E-state index contributed by atoms with van der Waals surface area (Å²) in [6.45, 7) is 3.37. The number of rotatable bonds is 5. The highest BCUT2D eigenvalue weighted by Gasteiger charge is 2.18. The fourth-order valence-electron chi connectivity index (χ4n) is 1.04. The summed E-state index contributed by atoms with van der Waals surface area (Å²) in [5, 5.41) is 24.8. The first kappa shape index (κ1) is 12.3. The Kier molecular flexibility index (Phi) is 3.87. The van der Waals surface area contributed by atoms with Crippen molar-refractivity contribution < 1.29 is 9.85 Å². The average Bonchev–Trinajstić information content (AvgIpc) is 2.29. The molecule has 0 aliphatic heterocycles. The monoisotopic (exact) mass is 242 g/mol. The van der Waals surface area contributed by atoms with Gasteiger partial charge in [-0.05, 0) is 12.1 Å². The maximum absolute atomic E-state index is 10.7. The van der Waals surface area contributed by atoms with E-state index in [2.05, 4.69) is 17.1 Å². The van der Waals surface area contributed by atoms with Gasteiger partial charge in [-0.1, -0.05) is 6.58 Å². The molecule has 0 unspecified atom stereocenters. The molecule has 1 aromatic carbocycles. The molecule has 0 aliphatic carbocycles. The van der Waals surface area contributed by atoms with Gasteiger partial charge < -0.3 is 0 Å². The first-order chi connectivity index (χ1) is 8.06. The van der Waals surface area contributed by atoms with E-state index in [1.807, 2.05) is 0 Å². The molecule has 0 bridgehead atoms. The summed E-state index contributed by atoms with van der Waals surface area (Å²) >= 11 is 0. The molecule has 0 heterocycles. The zero-order valence-corrected chi connectivity index (χ0v) is 8.57. The minimum absolute atomic E-state index is 0.0682. The van der Waals surface area contributed by atoms with E-state index in [9.17, 15) is 20.2 Å². The first-order valence-electron chi connectivity index (χ1n) is 4.39. The predicted molar refractivity (Wildman–Crippen MR) is 62.1 cm³/mol. The van der Waals surface area contributed by atoms with Crippen molar-refractivity contribution in [3.63, 3.8) is 0 Å². The predicted octanol–water partition coefficient (Wildman–Crippen LogP) is 2.09. The number of nitrogens with zero attached hydrogens (tertiary/aromatic N) is 3. The lowest BCUT2D eigenvalue weighted by molar-refractivity contribution is -0.393. The van der Waals surface area contributed by atoms with Crippen molar-refractivity contribution in [3.8, 4) is 0 Å². The van der Waals surface area contributed by atoms with Crippen molar-refractivity contribution in [3.05, 3.63) is 51.1 Å². The number of nitro benzene ring substituents is 2. The molecule has 8 nitrogen and oxygen atoms in total. The normalized spacial score (nSPS) is 10.1. The third-order valence-corrected chi connectivity index (χ3v) is 1.75. The van der Waals surface area contributed by atoms with Crippen LogP contribution in [0.1, 0.15) is 0 Å². The van der Waals surface area contributed by atoms with E-state index in [0.717, 1.165) is 12.1 Å². The molecule has 88 valence electrons. The molecule has 1 aromatic rings. The Morgan fingerprint density at radius 3 is 2.53 bits per heavy atom. The van der Waals surface area contributed by atoms with E-state index in [-0.39, 0.29) is 11.4 Å². The first-order valence-corrected chi connectivity index (χ1v) is 4.39. The van der Waals surface area contributed by atoms with E-state index in [4.69, 9.17) is 0 Å². The number of anilines is 1. The highest BCUT2D eigenvalue weighted by molar-refractivity contribution is 5.72. The van der Waals surface area contributed by atoms with Crippen LogP contribution < -0.4 is 5.43 Å². The summed E-state index contributed by atoms with van der Waals surface area (Å²) in [5.74, 6) is 0. The van der Waals surface area contributed by atoms with Crippen molar-refractivity contribution in [2.24, 2.45) is 5.10 Å². The molecule has 0 amide bonds. The minimum Gasteiger partial charge on any atom is -0.272 e. The highest BCUT2D eigenvalue weighted by Crippen LogP contribution is 2.28. The average molecular weight is 242 g/mol. The van der Waals surface area contributed by atoms with Crippen LogP contribution in [-0.4, -0.2) is 16.1 Å². The van der Waals surface area contributed by atoms with Crippen LogP contribution in [0, 0.1) is 20.2 Å². The fraction of sp³-hybridized carbons (Fsp3) is 0. The Morgan fingerprint density at radius 1 is 1.29 bits per heavy atom. The van der Waals surface area contributed by atoms with Crippen molar-refractivity contribution >= 4 is 23.3 Å². The minimum atomic E-state index is -0.723. The number of hydrogen-bond donors (Lipinski definition) is 1. The zero-order valence-electron chi connectivity index (χ0n) is 8.57. The summed E-state index contributed by atoms with van der Waals surface area (Å²) < 4.78 is 0. The molecule has 17 heavy (non-hydrogen) atoms. The van der Waals surface area contributed by atoms with Gasteiger partial charge in [-0.25, -0.2) is 0 Å². The molecule has 0 spiro atoms. The van der Waals surface area contributed by atoms with Crippen LogP contribution in [0.5, 0.6) is 0 Å². The van der Waals surface area contributed by atoms with Crippen LogP contribution in [-0.2, 0) is 0 Å². The second-order valence-electron chi connectivity index (χ2n) is 2.84. The Balaban J connectivity index is 3.12. The molecular weight excluding hydrogens is 234 g/mol. The van der Waals surface area contributed by atoms with Crippen LogP contribution in [0.25, 0.3) is 0 Å². The summed E-state index contributed by atoms with van der Waals surface area (Å²) in [4.78, 5) is 19.7. The van der Waals surface area contributed by atoms with E-state index in [0.29, 0.717) is 0 Å². The van der Waals surface area contributed by atoms with Gasteiger partial charge in [0.1, 0.15) is 5.69 Å². The van der Waals surface area contributed by atoms with Gasteiger partial charge in [-0.2, -0.15) is 5.10 Å². The van der Waals surface area contributed by atoms with Gasteiger partial charge in [0.05, 0.1) is 15.9 Å². The Bertz CT molecular complexity index is 498. The SMILES string of the molecule is C=C/C=N/N[13c]1[13cH][13cH][13c]([N+](=O)[O-])[13cH][13c]1[N+](=O)[O-]. The molecule has 1 rings (SSSR count). The second kappa shape index (κ2) is 5.35. The van der Waals surface area contributed by atoms with Crippen LogP contribution in [0.3, 0.4) is 0 Å². The van der Waals surface area contributed by atoms with Gasteiger partial charge in [0, 0.05) is 12.3 Å². The van der Waals surface area contributed by atoms with Gasteiger partial charge in [0.25, 0.3) is 5.69 Å². The number of benzene rings is 1. The van der Waals surface area contributed by atoms with Gasteiger partial charge in [-0.3, -0.25) is 25.7 Å². The standard InChI is InChI=1S/C9H8N4O4/c1-2-5-10-11-8-4-3-7(12(14)15)6-9(8)13(16)17/h2-6,11H,1H2/b10-5+/i3+1,4+1,6+1,7+1,8+1,9+1. The number of hydrazone groups is 1. The fourth-order valence-corrected chi connectivity index (χ4v) is 1.04. The van der Waals surface area contributed by atoms with Crippen LogP contribution in [0.4, 0.5) is 17.1 Å². The van der Waals surface area contributed by atoms with E-state index < -0.39 is 15.5 Å². The second-order valence-corrected chi connectivity index (χ2v) is 2.84. The van der Waals surface area contributed by atoms with Crippen molar-refractivity contribution in [1.29, 1.82) is 0 Å². The highest BCUT2D eigenvalue weighted by atomic mass is 16.7. The maximum Gasteiger partial charge on any atom is 0.301 e. The Hall–Kier alpha value is -2.77. The van der Waals surface area contributed by atoms with Crippen molar-refractivity contribution in [2.45, 2.75) is 0 Å². The number of hydrogen-bond acceptors (Lipinski definition) is 6. The lowest BCUT2D eigenvalue weighted by Gasteiger charge is -2.01. The largest absolute Gasteiger partial charge is 0.301 e. The van der Waals surface area contributed by atoms with Crippen LogP contribution >= 0.6 is 0 Å². The van der Waals surface area contributed by atoms with Crippen LogP contribution in [0.2, 0.25) is 0 Å². The molecule has 1 N–H and O–H groups in total.